The second-order valence-corrected chi connectivity index (χ2v) is 3.49. The molecule has 0 bridgehead atoms. The van der Waals surface area contributed by atoms with Crippen molar-refractivity contribution in [3.05, 3.63) is 45.8 Å². The van der Waals surface area contributed by atoms with Crippen molar-refractivity contribution in [2.75, 3.05) is 6.61 Å². The standard InChI is InChI=1S/C11H10FNO5/c1-7(4-11(14)15)6-18-10-3-2-8(12)5-9(10)13(16)17/h2-5H,6H2,1H3,(H,14,15). The van der Waals surface area contributed by atoms with E-state index in [1.54, 1.807) is 0 Å². The van der Waals surface area contributed by atoms with Gasteiger partial charge in [0.15, 0.2) is 5.75 Å². The lowest BCUT2D eigenvalue weighted by Gasteiger charge is -2.06. The van der Waals surface area contributed by atoms with Gasteiger partial charge >= 0.3 is 11.7 Å². The van der Waals surface area contributed by atoms with Crippen molar-refractivity contribution < 1.29 is 24.0 Å². The lowest BCUT2D eigenvalue weighted by molar-refractivity contribution is -0.386. The van der Waals surface area contributed by atoms with Crippen LogP contribution in [-0.2, 0) is 4.79 Å². The monoisotopic (exact) mass is 255 g/mol. The molecule has 0 fully saturated rings. The molecule has 0 unspecified atom stereocenters. The number of carboxylic acid groups (broad SMARTS) is 1. The van der Waals surface area contributed by atoms with Crippen LogP contribution in [-0.4, -0.2) is 22.6 Å². The normalized spacial score (nSPS) is 11.1. The van der Waals surface area contributed by atoms with E-state index in [1.807, 2.05) is 0 Å². The lowest BCUT2D eigenvalue weighted by atomic mass is 10.2. The number of halogens is 1. The topological polar surface area (TPSA) is 89.7 Å². The van der Waals surface area contributed by atoms with E-state index >= 15 is 0 Å². The molecule has 0 saturated heterocycles. The highest BCUT2D eigenvalue weighted by molar-refractivity contribution is 5.80. The quantitative estimate of drug-likeness (QED) is 0.494. The number of hydrogen-bond donors (Lipinski definition) is 1. The Kier molecular flexibility index (Phi) is 4.36. The predicted molar refractivity (Wildman–Crippen MR) is 59.9 cm³/mol. The maximum Gasteiger partial charge on any atom is 0.328 e. The van der Waals surface area contributed by atoms with E-state index in [9.17, 15) is 19.3 Å². The highest BCUT2D eigenvalue weighted by atomic mass is 19.1. The zero-order valence-corrected chi connectivity index (χ0v) is 9.42. The van der Waals surface area contributed by atoms with Gasteiger partial charge in [-0.2, -0.15) is 0 Å². The molecule has 96 valence electrons. The van der Waals surface area contributed by atoms with Crippen molar-refractivity contribution in [1.82, 2.24) is 0 Å². The smallest absolute Gasteiger partial charge is 0.328 e. The second-order valence-electron chi connectivity index (χ2n) is 3.49. The minimum Gasteiger partial charge on any atom is -0.482 e. The van der Waals surface area contributed by atoms with Crippen molar-refractivity contribution in [2.24, 2.45) is 0 Å². The summed E-state index contributed by atoms with van der Waals surface area (Å²) in [6.07, 6.45) is 0.926. The number of nitrogens with zero attached hydrogens (tertiary/aromatic N) is 1. The summed E-state index contributed by atoms with van der Waals surface area (Å²) < 4.78 is 17.9. The fraction of sp³-hybridized carbons (Fsp3) is 0.182. The number of carboxylic acids is 1. The number of nitro benzene ring substituents is 1. The first kappa shape index (κ1) is 13.6. The fourth-order valence-corrected chi connectivity index (χ4v) is 1.20. The highest BCUT2D eigenvalue weighted by Crippen LogP contribution is 2.27. The molecule has 0 aromatic heterocycles. The average molecular weight is 255 g/mol. The molecule has 0 aliphatic carbocycles. The summed E-state index contributed by atoms with van der Waals surface area (Å²) in [5, 5.41) is 19.1. The van der Waals surface area contributed by atoms with Crippen LogP contribution in [0.15, 0.2) is 29.8 Å². The molecule has 1 rings (SSSR count). The first-order valence-corrected chi connectivity index (χ1v) is 4.87. The van der Waals surface area contributed by atoms with Crippen LogP contribution < -0.4 is 4.74 Å². The van der Waals surface area contributed by atoms with Crippen molar-refractivity contribution in [3.8, 4) is 5.75 Å². The summed E-state index contributed by atoms with van der Waals surface area (Å²) in [7, 11) is 0. The molecule has 18 heavy (non-hydrogen) atoms. The number of aliphatic carboxylic acids is 1. The Morgan fingerprint density at radius 1 is 1.61 bits per heavy atom. The molecule has 1 aromatic rings. The lowest BCUT2D eigenvalue weighted by Crippen LogP contribution is -2.03. The molecule has 0 radical (unpaired) electrons. The molecule has 0 aliphatic rings. The average Bonchev–Trinajstić information content (AvgIpc) is 2.26. The Morgan fingerprint density at radius 2 is 2.28 bits per heavy atom. The van der Waals surface area contributed by atoms with Crippen LogP contribution in [0, 0.1) is 15.9 Å². The molecule has 7 heteroatoms. The minimum absolute atomic E-state index is 0.112. The van der Waals surface area contributed by atoms with Gasteiger partial charge in [0, 0.05) is 6.08 Å². The van der Waals surface area contributed by atoms with E-state index < -0.39 is 22.4 Å². The molecule has 0 amide bonds. The summed E-state index contributed by atoms with van der Waals surface area (Å²) in [5.74, 6) is -1.99. The zero-order chi connectivity index (χ0) is 13.7. The highest BCUT2D eigenvalue weighted by Gasteiger charge is 2.16. The third-order valence-electron chi connectivity index (χ3n) is 1.94. The minimum atomic E-state index is -1.13. The predicted octanol–water partition coefficient (Wildman–Crippen LogP) is 2.14. The molecule has 0 aliphatic heterocycles. The third kappa shape index (κ3) is 3.85. The van der Waals surface area contributed by atoms with Crippen LogP contribution in [0.25, 0.3) is 0 Å². The van der Waals surface area contributed by atoms with Gasteiger partial charge in [0.1, 0.15) is 12.4 Å². The number of hydrogen-bond acceptors (Lipinski definition) is 4. The Labute approximate surface area is 101 Å². The van der Waals surface area contributed by atoms with Gasteiger partial charge in [-0.25, -0.2) is 9.18 Å². The van der Waals surface area contributed by atoms with Crippen LogP contribution >= 0.6 is 0 Å². The zero-order valence-electron chi connectivity index (χ0n) is 9.42. The number of ether oxygens (including phenoxy) is 1. The largest absolute Gasteiger partial charge is 0.482 e. The summed E-state index contributed by atoms with van der Waals surface area (Å²) >= 11 is 0. The van der Waals surface area contributed by atoms with Crippen molar-refractivity contribution in [2.45, 2.75) is 6.92 Å². The maximum absolute atomic E-state index is 12.8. The molecule has 0 heterocycles. The van der Waals surface area contributed by atoms with E-state index in [1.165, 1.54) is 6.92 Å². The number of nitro groups is 1. The summed E-state index contributed by atoms with van der Waals surface area (Å²) in [4.78, 5) is 20.2. The second kappa shape index (κ2) is 5.76. The van der Waals surface area contributed by atoms with Crippen LogP contribution in [0.5, 0.6) is 5.75 Å². The maximum atomic E-state index is 12.8. The fourth-order valence-electron chi connectivity index (χ4n) is 1.20. The van der Waals surface area contributed by atoms with Crippen LogP contribution in [0.3, 0.4) is 0 Å². The first-order valence-electron chi connectivity index (χ1n) is 4.87. The van der Waals surface area contributed by atoms with E-state index in [0.29, 0.717) is 5.57 Å². The van der Waals surface area contributed by atoms with Crippen molar-refractivity contribution in [1.29, 1.82) is 0 Å². The summed E-state index contributed by atoms with van der Waals surface area (Å²) in [6.45, 7) is 1.38. The van der Waals surface area contributed by atoms with E-state index in [-0.39, 0.29) is 12.4 Å². The van der Waals surface area contributed by atoms with Gasteiger partial charge in [-0.05, 0) is 24.6 Å². The van der Waals surface area contributed by atoms with Gasteiger partial charge in [0.05, 0.1) is 11.0 Å². The van der Waals surface area contributed by atoms with Crippen LogP contribution in [0.1, 0.15) is 6.92 Å². The molecule has 0 saturated carbocycles. The number of carbonyl (C=O) groups is 1. The summed E-state index contributed by atoms with van der Waals surface area (Å²) in [5.41, 5.74) is -0.126. The molecular formula is C11H10FNO5. The van der Waals surface area contributed by atoms with Gasteiger partial charge in [-0.3, -0.25) is 10.1 Å². The van der Waals surface area contributed by atoms with Crippen molar-refractivity contribution in [3.63, 3.8) is 0 Å². The third-order valence-corrected chi connectivity index (χ3v) is 1.94. The Bertz CT molecular complexity index is 512. The van der Waals surface area contributed by atoms with Crippen LogP contribution in [0.2, 0.25) is 0 Å². The molecule has 1 aromatic carbocycles. The molecule has 1 N–H and O–H groups in total. The SMILES string of the molecule is CC(=CC(=O)O)COc1ccc(F)cc1[N+](=O)[O-]. The Hall–Kier alpha value is -2.44. The number of benzene rings is 1. The number of rotatable bonds is 5. The Morgan fingerprint density at radius 3 is 2.83 bits per heavy atom. The van der Waals surface area contributed by atoms with E-state index in [0.717, 1.165) is 24.3 Å². The molecular weight excluding hydrogens is 245 g/mol. The molecule has 0 atom stereocenters. The van der Waals surface area contributed by atoms with Crippen LogP contribution in [0.4, 0.5) is 10.1 Å². The first-order chi connectivity index (χ1) is 8.40. The van der Waals surface area contributed by atoms with Gasteiger partial charge in [0.25, 0.3) is 0 Å². The molecule has 6 nitrogen and oxygen atoms in total. The van der Waals surface area contributed by atoms with E-state index in [2.05, 4.69) is 0 Å². The van der Waals surface area contributed by atoms with Gasteiger partial charge in [-0.15, -0.1) is 0 Å². The summed E-state index contributed by atoms with van der Waals surface area (Å²) in [6, 6.07) is 2.89. The van der Waals surface area contributed by atoms with Gasteiger partial charge in [0.2, 0.25) is 0 Å². The van der Waals surface area contributed by atoms with Gasteiger partial charge in [-0.1, -0.05) is 0 Å². The van der Waals surface area contributed by atoms with Crippen molar-refractivity contribution >= 4 is 11.7 Å². The molecule has 0 spiro atoms. The Balaban J connectivity index is 2.85. The van der Waals surface area contributed by atoms with E-state index in [4.69, 9.17) is 9.84 Å². The van der Waals surface area contributed by atoms with Gasteiger partial charge < -0.3 is 9.84 Å².